The van der Waals surface area contributed by atoms with E-state index in [4.69, 9.17) is 0 Å². The largest absolute Gasteiger partial charge is 0.372 e. The zero-order valence-corrected chi connectivity index (χ0v) is 15.8. The summed E-state index contributed by atoms with van der Waals surface area (Å²) in [7, 11) is -3.57. The fourth-order valence-electron chi connectivity index (χ4n) is 3.28. The lowest BCUT2D eigenvalue weighted by molar-refractivity contribution is 0.600. The van der Waals surface area contributed by atoms with E-state index < -0.39 is 10.0 Å². The van der Waals surface area contributed by atoms with Crippen LogP contribution in [0.25, 0.3) is 0 Å². The molecule has 4 nitrogen and oxygen atoms in total. The van der Waals surface area contributed by atoms with Gasteiger partial charge < -0.3 is 4.90 Å². The van der Waals surface area contributed by atoms with Gasteiger partial charge in [0.25, 0.3) is 10.0 Å². The van der Waals surface area contributed by atoms with Crippen molar-refractivity contribution in [1.82, 2.24) is 0 Å². The minimum atomic E-state index is -3.57. The highest BCUT2D eigenvalue weighted by atomic mass is 32.2. The Balaban J connectivity index is 1.77. The average molecular weight is 359 g/mol. The number of nitrogens with zero attached hydrogens (tertiary/aromatic N) is 1. The quantitative estimate of drug-likeness (QED) is 0.876. The molecule has 0 saturated carbocycles. The maximum atomic E-state index is 12.7. The molecule has 1 saturated heterocycles. The minimum absolute atomic E-state index is 0.337. The summed E-state index contributed by atoms with van der Waals surface area (Å²) in [4.78, 5) is 2.72. The van der Waals surface area contributed by atoms with Gasteiger partial charge in [0.15, 0.2) is 0 Å². The van der Waals surface area contributed by atoms with Gasteiger partial charge in [-0.05, 0) is 68.1 Å². The predicted octanol–water partition coefficient (Wildman–Crippen LogP) is 4.48. The minimum Gasteiger partial charge on any atom is -0.372 e. The van der Waals surface area contributed by atoms with Crippen molar-refractivity contribution in [3.63, 3.8) is 0 Å². The van der Waals surface area contributed by atoms with Crippen molar-refractivity contribution in [3.8, 4) is 0 Å². The molecule has 3 rings (SSSR count). The number of aryl methyl sites for hydroxylation is 2. The van der Waals surface area contributed by atoms with E-state index in [1.807, 2.05) is 50.2 Å². The van der Waals surface area contributed by atoms with E-state index in [2.05, 4.69) is 9.62 Å². The number of rotatable bonds is 4. The molecule has 1 fully saturated rings. The third kappa shape index (κ3) is 4.34. The van der Waals surface area contributed by atoms with Crippen LogP contribution < -0.4 is 9.62 Å². The molecule has 25 heavy (non-hydrogen) atoms. The van der Waals surface area contributed by atoms with Crippen LogP contribution in [0.4, 0.5) is 11.4 Å². The number of nitrogens with one attached hydrogen (secondary N) is 1. The maximum Gasteiger partial charge on any atom is 0.262 e. The van der Waals surface area contributed by atoms with Crippen LogP contribution in [-0.2, 0) is 10.0 Å². The third-order valence-electron chi connectivity index (χ3n) is 4.72. The van der Waals surface area contributed by atoms with Gasteiger partial charge in [-0.1, -0.05) is 25.0 Å². The molecular weight excluding hydrogens is 332 g/mol. The highest BCUT2D eigenvalue weighted by Gasteiger charge is 2.17. The lowest BCUT2D eigenvalue weighted by atomic mass is 10.2. The molecule has 1 N–H and O–H groups in total. The zero-order valence-electron chi connectivity index (χ0n) is 15.0. The second kappa shape index (κ2) is 7.48. The number of hydrogen-bond donors (Lipinski definition) is 1. The third-order valence-corrected chi connectivity index (χ3v) is 6.25. The summed E-state index contributed by atoms with van der Waals surface area (Å²) >= 11 is 0. The van der Waals surface area contributed by atoms with E-state index >= 15 is 0 Å². The Labute approximate surface area is 150 Å². The van der Waals surface area contributed by atoms with E-state index in [0.717, 1.165) is 29.9 Å². The molecule has 5 heteroatoms. The summed E-state index contributed by atoms with van der Waals surface area (Å²) in [6, 6.07) is 13.2. The van der Waals surface area contributed by atoms with Gasteiger partial charge in [-0.2, -0.15) is 0 Å². The molecule has 0 radical (unpaired) electrons. The first-order valence-electron chi connectivity index (χ1n) is 8.91. The predicted molar refractivity (Wildman–Crippen MR) is 104 cm³/mol. The highest BCUT2D eigenvalue weighted by molar-refractivity contribution is 7.92. The van der Waals surface area contributed by atoms with Crippen LogP contribution in [0.1, 0.15) is 36.8 Å². The Bertz CT molecular complexity index is 821. The van der Waals surface area contributed by atoms with Gasteiger partial charge >= 0.3 is 0 Å². The Morgan fingerprint density at radius 2 is 1.52 bits per heavy atom. The number of anilines is 2. The smallest absolute Gasteiger partial charge is 0.262 e. The van der Waals surface area contributed by atoms with Gasteiger partial charge in [0, 0.05) is 24.5 Å². The van der Waals surface area contributed by atoms with E-state index in [1.165, 1.54) is 25.7 Å². The second-order valence-electron chi connectivity index (χ2n) is 6.82. The standard InChI is InChI=1S/C20H26N2O2S/c1-16-7-8-17(2)20(15-16)25(23,24)21-18-9-11-19(12-10-18)22-13-5-3-4-6-14-22/h7-12,15,21H,3-6,13-14H2,1-2H3. The summed E-state index contributed by atoms with van der Waals surface area (Å²) < 4.78 is 28.1. The Hall–Kier alpha value is -2.01. The van der Waals surface area contributed by atoms with Crippen LogP contribution in [-0.4, -0.2) is 21.5 Å². The first kappa shape index (κ1) is 17.8. The molecule has 0 bridgehead atoms. The van der Waals surface area contributed by atoms with Crippen molar-refractivity contribution in [2.45, 2.75) is 44.4 Å². The second-order valence-corrected chi connectivity index (χ2v) is 8.47. The fraction of sp³-hybridized carbons (Fsp3) is 0.400. The molecular formula is C20H26N2O2S. The van der Waals surface area contributed by atoms with Crippen LogP contribution >= 0.6 is 0 Å². The van der Waals surface area contributed by atoms with Crippen molar-refractivity contribution in [2.75, 3.05) is 22.7 Å². The van der Waals surface area contributed by atoms with Crippen LogP contribution in [0.3, 0.4) is 0 Å². The first-order chi connectivity index (χ1) is 12.0. The number of hydrogen-bond acceptors (Lipinski definition) is 3. The van der Waals surface area contributed by atoms with Crippen LogP contribution in [0.5, 0.6) is 0 Å². The normalized spacial score (nSPS) is 15.7. The topological polar surface area (TPSA) is 49.4 Å². The van der Waals surface area contributed by atoms with Crippen LogP contribution in [0.2, 0.25) is 0 Å². The van der Waals surface area contributed by atoms with Crippen molar-refractivity contribution in [1.29, 1.82) is 0 Å². The molecule has 0 unspecified atom stereocenters. The summed E-state index contributed by atoms with van der Waals surface area (Å²) in [5, 5.41) is 0. The Kier molecular flexibility index (Phi) is 5.33. The van der Waals surface area contributed by atoms with Gasteiger partial charge in [-0.25, -0.2) is 8.42 Å². The van der Waals surface area contributed by atoms with Crippen molar-refractivity contribution in [3.05, 3.63) is 53.6 Å². The number of sulfonamides is 1. The Morgan fingerprint density at radius 3 is 2.16 bits per heavy atom. The van der Waals surface area contributed by atoms with Gasteiger partial charge in [0.1, 0.15) is 0 Å². The molecule has 0 atom stereocenters. The van der Waals surface area contributed by atoms with Crippen LogP contribution in [0, 0.1) is 13.8 Å². The maximum absolute atomic E-state index is 12.7. The van der Waals surface area contributed by atoms with Gasteiger partial charge in [-0.3, -0.25) is 4.72 Å². The van der Waals surface area contributed by atoms with E-state index in [-0.39, 0.29) is 0 Å². The van der Waals surface area contributed by atoms with Gasteiger partial charge in [0.2, 0.25) is 0 Å². The molecule has 0 aliphatic carbocycles. The molecule has 1 heterocycles. The lowest BCUT2D eigenvalue weighted by Crippen LogP contribution is -2.23. The van der Waals surface area contributed by atoms with Gasteiger partial charge in [0.05, 0.1) is 4.90 Å². The summed E-state index contributed by atoms with van der Waals surface area (Å²) in [5.41, 5.74) is 3.44. The van der Waals surface area contributed by atoms with Gasteiger partial charge in [-0.15, -0.1) is 0 Å². The van der Waals surface area contributed by atoms with Crippen molar-refractivity contribution >= 4 is 21.4 Å². The summed E-state index contributed by atoms with van der Waals surface area (Å²) in [5.74, 6) is 0. The molecule has 2 aromatic rings. The zero-order chi connectivity index (χ0) is 17.9. The molecule has 0 spiro atoms. The SMILES string of the molecule is Cc1ccc(C)c(S(=O)(=O)Nc2ccc(N3CCCCCC3)cc2)c1. The van der Waals surface area contributed by atoms with Crippen molar-refractivity contribution in [2.24, 2.45) is 0 Å². The average Bonchev–Trinajstić information content (AvgIpc) is 2.87. The molecule has 0 aromatic heterocycles. The van der Waals surface area contributed by atoms with Crippen molar-refractivity contribution < 1.29 is 8.42 Å². The van der Waals surface area contributed by atoms with E-state index in [9.17, 15) is 8.42 Å². The molecule has 134 valence electrons. The monoisotopic (exact) mass is 358 g/mol. The summed E-state index contributed by atoms with van der Waals surface area (Å²) in [6.07, 6.45) is 5.04. The van der Waals surface area contributed by atoms with E-state index in [1.54, 1.807) is 6.07 Å². The lowest BCUT2D eigenvalue weighted by Gasteiger charge is -2.23. The Morgan fingerprint density at radius 1 is 0.880 bits per heavy atom. The summed E-state index contributed by atoms with van der Waals surface area (Å²) in [6.45, 7) is 5.87. The molecule has 0 amide bonds. The van der Waals surface area contributed by atoms with Crippen LogP contribution in [0.15, 0.2) is 47.4 Å². The molecule has 1 aliphatic rings. The number of benzene rings is 2. The molecule has 2 aromatic carbocycles. The highest BCUT2D eigenvalue weighted by Crippen LogP contribution is 2.24. The van der Waals surface area contributed by atoms with E-state index in [0.29, 0.717) is 10.6 Å². The first-order valence-corrected chi connectivity index (χ1v) is 10.4. The fourth-order valence-corrected chi connectivity index (χ4v) is 4.67. The molecule has 1 aliphatic heterocycles.